The average Bonchev–Trinajstić information content (AvgIpc) is 2.52. The Balaban J connectivity index is 1.96. The van der Waals surface area contributed by atoms with Gasteiger partial charge in [0.05, 0.1) is 12.0 Å². The molecule has 1 saturated heterocycles. The first-order chi connectivity index (χ1) is 7.26. The molecule has 0 radical (unpaired) electrons. The fourth-order valence-electron chi connectivity index (χ4n) is 2.50. The van der Waals surface area contributed by atoms with Crippen LogP contribution in [0.4, 0.5) is 0 Å². The molecule has 0 aromatic carbocycles. The molecule has 86 valence electrons. The summed E-state index contributed by atoms with van der Waals surface area (Å²) in [5.41, 5.74) is 0. The van der Waals surface area contributed by atoms with Crippen LogP contribution < -0.4 is 5.32 Å². The molecule has 0 aromatic heterocycles. The Hall–Kier alpha value is -0.220. The second kappa shape index (κ2) is 4.74. The van der Waals surface area contributed by atoms with Gasteiger partial charge in [-0.25, -0.2) is 0 Å². The van der Waals surface area contributed by atoms with Gasteiger partial charge < -0.3 is 4.74 Å². The van der Waals surface area contributed by atoms with Crippen molar-refractivity contribution in [3.8, 4) is 0 Å². The van der Waals surface area contributed by atoms with Gasteiger partial charge in [0.25, 0.3) is 0 Å². The first-order valence-electron chi connectivity index (χ1n) is 5.75. The third kappa shape index (κ3) is 2.48. The third-order valence-corrected chi connectivity index (χ3v) is 4.94. The molecular formula is C11H19NO2S. The average molecular weight is 229 g/mol. The van der Waals surface area contributed by atoms with Crippen LogP contribution in [0.2, 0.25) is 0 Å². The molecule has 1 spiro atoms. The van der Waals surface area contributed by atoms with Crippen molar-refractivity contribution < 1.29 is 9.53 Å². The Morgan fingerprint density at radius 2 is 2.00 bits per heavy atom. The van der Waals surface area contributed by atoms with Gasteiger partial charge in [0.2, 0.25) is 0 Å². The van der Waals surface area contributed by atoms with Crippen molar-refractivity contribution in [2.24, 2.45) is 0 Å². The minimum absolute atomic E-state index is 0.0851. The number of esters is 1. The predicted molar refractivity (Wildman–Crippen MR) is 61.8 cm³/mol. The molecule has 1 aliphatic heterocycles. The Morgan fingerprint density at radius 1 is 1.33 bits per heavy atom. The van der Waals surface area contributed by atoms with Crippen LogP contribution >= 0.6 is 11.8 Å². The fraction of sp³-hybridized carbons (Fsp3) is 0.909. The molecule has 2 aliphatic rings. The second-order valence-electron chi connectivity index (χ2n) is 4.44. The van der Waals surface area contributed by atoms with Crippen LogP contribution in [0, 0.1) is 0 Å². The lowest BCUT2D eigenvalue weighted by Gasteiger charge is -2.27. The number of methoxy groups -OCH3 is 1. The van der Waals surface area contributed by atoms with Gasteiger partial charge in [-0.15, -0.1) is 11.8 Å². The highest BCUT2D eigenvalue weighted by Crippen LogP contribution is 2.41. The first kappa shape index (κ1) is 11.3. The van der Waals surface area contributed by atoms with Crippen molar-refractivity contribution in [1.82, 2.24) is 5.32 Å². The van der Waals surface area contributed by atoms with Crippen LogP contribution in [-0.2, 0) is 9.53 Å². The second-order valence-corrected chi connectivity index (χ2v) is 5.84. The standard InChI is InChI=1S/C11H19NO2S/c1-14-10(13)9-8-15-11(12-9)6-4-2-3-5-7-11/h9,12H,2-8H2,1H3/t9-/m0/s1. The number of hydrogen-bond acceptors (Lipinski definition) is 4. The van der Waals surface area contributed by atoms with E-state index in [0.29, 0.717) is 0 Å². The van der Waals surface area contributed by atoms with E-state index in [2.05, 4.69) is 5.32 Å². The van der Waals surface area contributed by atoms with E-state index in [-0.39, 0.29) is 16.9 Å². The van der Waals surface area contributed by atoms with Gasteiger partial charge in [-0.2, -0.15) is 0 Å². The van der Waals surface area contributed by atoms with E-state index in [9.17, 15) is 4.79 Å². The van der Waals surface area contributed by atoms with Crippen LogP contribution in [0.25, 0.3) is 0 Å². The molecule has 1 saturated carbocycles. The molecule has 1 aliphatic carbocycles. The van der Waals surface area contributed by atoms with Crippen molar-refractivity contribution in [1.29, 1.82) is 0 Å². The number of hydrogen-bond donors (Lipinski definition) is 1. The van der Waals surface area contributed by atoms with Gasteiger partial charge in [-0.3, -0.25) is 10.1 Å². The van der Waals surface area contributed by atoms with E-state index in [1.165, 1.54) is 45.6 Å². The molecule has 3 nitrogen and oxygen atoms in total. The Morgan fingerprint density at radius 3 is 2.60 bits per heavy atom. The number of thioether (sulfide) groups is 1. The van der Waals surface area contributed by atoms with Gasteiger partial charge in [-0.1, -0.05) is 25.7 Å². The van der Waals surface area contributed by atoms with Gasteiger partial charge >= 0.3 is 5.97 Å². The number of carbonyl (C=O) groups excluding carboxylic acids is 1. The highest BCUT2D eigenvalue weighted by atomic mass is 32.2. The molecule has 0 unspecified atom stereocenters. The topological polar surface area (TPSA) is 38.3 Å². The third-order valence-electron chi connectivity index (χ3n) is 3.36. The monoisotopic (exact) mass is 229 g/mol. The Labute approximate surface area is 95.3 Å². The quantitative estimate of drug-likeness (QED) is 0.697. The van der Waals surface area contributed by atoms with E-state index in [4.69, 9.17) is 4.74 Å². The Kier molecular flexibility index (Phi) is 3.57. The van der Waals surface area contributed by atoms with Crippen molar-refractivity contribution in [2.45, 2.75) is 49.4 Å². The number of nitrogens with one attached hydrogen (secondary N) is 1. The van der Waals surface area contributed by atoms with Crippen molar-refractivity contribution >= 4 is 17.7 Å². The largest absolute Gasteiger partial charge is 0.468 e. The summed E-state index contributed by atoms with van der Waals surface area (Å²) in [5, 5.41) is 3.49. The summed E-state index contributed by atoms with van der Waals surface area (Å²) in [6.45, 7) is 0. The highest BCUT2D eigenvalue weighted by molar-refractivity contribution is 8.00. The summed E-state index contributed by atoms with van der Waals surface area (Å²) in [7, 11) is 1.47. The summed E-state index contributed by atoms with van der Waals surface area (Å²) in [6, 6.07) is -0.0851. The van der Waals surface area contributed by atoms with E-state index in [0.717, 1.165) is 5.75 Å². The minimum atomic E-state index is -0.108. The van der Waals surface area contributed by atoms with Gasteiger partial charge in [0, 0.05) is 5.75 Å². The zero-order valence-corrected chi connectivity index (χ0v) is 10.1. The zero-order valence-electron chi connectivity index (χ0n) is 9.25. The van der Waals surface area contributed by atoms with E-state index >= 15 is 0 Å². The molecule has 0 aromatic rings. The van der Waals surface area contributed by atoms with Gasteiger partial charge in [-0.05, 0) is 12.8 Å². The lowest BCUT2D eigenvalue weighted by Crippen LogP contribution is -2.45. The van der Waals surface area contributed by atoms with Crippen molar-refractivity contribution in [3.05, 3.63) is 0 Å². The lowest BCUT2D eigenvalue weighted by atomic mass is 10.1. The molecule has 1 atom stereocenters. The lowest BCUT2D eigenvalue weighted by molar-refractivity contribution is -0.142. The molecule has 1 heterocycles. The molecule has 2 fully saturated rings. The predicted octanol–water partition coefficient (Wildman–Crippen LogP) is 1.91. The number of rotatable bonds is 1. The van der Waals surface area contributed by atoms with E-state index in [1.807, 2.05) is 11.8 Å². The minimum Gasteiger partial charge on any atom is -0.468 e. The molecule has 4 heteroatoms. The van der Waals surface area contributed by atoms with E-state index in [1.54, 1.807) is 0 Å². The first-order valence-corrected chi connectivity index (χ1v) is 6.74. The maximum atomic E-state index is 11.4. The summed E-state index contributed by atoms with van der Waals surface area (Å²) in [4.78, 5) is 11.6. The van der Waals surface area contributed by atoms with Crippen LogP contribution in [0.1, 0.15) is 38.5 Å². The molecule has 2 rings (SSSR count). The van der Waals surface area contributed by atoms with Crippen molar-refractivity contribution in [2.75, 3.05) is 12.9 Å². The normalized spacial score (nSPS) is 30.1. The highest BCUT2D eigenvalue weighted by Gasteiger charge is 2.42. The van der Waals surface area contributed by atoms with Crippen LogP contribution in [-0.4, -0.2) is 29.7 Å². The summed E-state index contributed by atoms with van der Waals surface area (Å²) in [5.74, 6) is 0.760. The number of ether oxygens (including phenoxy) is 1. The van der Waals surface area contributed by atoms with Crippen LogP contribution in [0.5, 0.6) is 0 Å². The summed E-state index contributed by atoms with van der Waals surface area (Å²) in [6.07, 6.45) is 7.65. The maximum absolute atomic E-state index is 11.4. The maximum Gasteiger partial charge on any atom is 0.323 e. The smallest absolute Gasteiger partial charge is 0.323 e. The SMILES string of the molecule is COC(=O)[C@@H]1CSC2(CCCCCC2)N1. The van der Waals surface area contributed by atoms with Crippen LogP contribution in [0.15, 0.2) is 0 Å². The Bertz CT molecular complexity index is 237. The van der Waals surface area contributed by atoms with Crippen molar-refractivity contribution in [3.63, 3.8) is 0 Å². The molecule has 0 bridgehead atoms. The molecule has 0 amide bonds. The summed E-state index contributed by atoms with van der Waals surface area (Å²) >= 11 is 1.92. The zero-order chi connectivity index (χ0) is 10.7. The molecule has 1 N–H and O–H groups in total. The van der Waals surface area contributed by atoms with E-state index < -0.39 is 0 Å². The van der Waals surface area contributed by atoms with Gasteiger partial charge in [0.15, 0.2) is 0 Å². The summed E-state index contributed by atoms with van der Waals surface area (Å²) < 4.78 is 4.78. The van der Waals surface area contributed by atoms with Gasteiger partial charge in [0.1, 0.15) is 6.04 Å². The molecule has 15 heavy (non-hydrogen) atoms. The number of carbonyl (C=O) groups is 1. The van der Waals surface area contributed by atoms with Crippen LogP contribution in [0.3, 0.4) is 0 Å². The fourth-order valence-corrected chi connectivity index (χ4v) is 4.01. The molecular weight excluding hydrogens is 210 g/mol.